The predicted octanol–water partition coefficient (Wildman–Crippen LogP) is 2.74. The fourth-order valence-electron chi connectivity index (χ4n) is 1.74. The van der Waals surface area contributed by atoms with Crippen molar-refractivity contribution in [2.45, 2.75) is 20.3 Å². The van der Waals surface area contributed by atoms with Crippen molar-refractivity contribution in [3.8, 4) is 11.5 Å². The van der Waals surface area contributed by atoms with Crippen LogP contribution in [0.15, 0.2) is 35.1 Å². The van der Waals surface area contributed by atoms with Crippen molar-refractivity contribution in [3.63, 3.8) is 0 Å². The number of rotatable bonds is 7. The fourth-order valence-corrected chi connectivity index (χ4v) is 1.74. The van der Waals surface area contributed by atoms with Gasteiger partial charge in [0.05, 0.1) is 13.0 Å². The van der Waals surface area contributed by atoms with Crippen LogP contribution in [0.5, 0.6) is 0 Å². The monoisotopic (exact) mass is 289 g/mol. The summed E-state index contributed by atoms with van der Waals surface area (Å²) in [5, 5.41) is 10.3. The maximum atomic E-state index is 11.8. The lowest BCUT2D eigenvalue weighted by Gasteiger charge is -2.08. The van der Waals surface area contributed by atoms with Gasteiger partial charge in [-0.25, -0.2) is 0 Å². The van der Waals surface area contributed by atoms with Crippen molar-refractivity contribution in [2.75, 3.05) is 18.5 Å². The van der Waals surface area contributed by atoms with Crippen LogP contribution in [0, 0.1) is 5.92 Å². The maximum absolute atomic E-state index is 11.8. The van der Waals surface area contributed by atoms with Crippen LogP contribution in [0.2, 0.25) is 0 Å². The molecule has 0 saturated heterocycles. The van der Waals surface area contributed by atoms with E-state index in [9.17, 15) is 4.79 Å². The zero-order valence-electron chi connectivity index (χ0n) is 12.2. The molecular weight excluding hydrogens is 270 g/mol. The van der Waals surface area contributed by atoms with E-state index in [0.717, 1.165) is 5.56 Å². The Morgan fingerprint density at radius 2 is 2.29 bits per heavy atom. The van der Waals surface area contributed by atoms with Gasteiger partial charge in [-0.3, -0.25) is 4.79 Å². The zero-order chi connectivity index (χ0) is 15.1. The lowest BCUT2D eigenvalue weighted by Crippen LogP contribution is -2.15. The van der Waals surface area contributed by atoms with Gasteiger partial charge < -0.3 is 14.5 Å². The highest BCUT2D eigenvalue weighted by Crippen LogP contribution is 2.20. The van der Waals surface area contributed by atoms with Crippen molar-refractivity contribution in [1.82, 2.24) is 10.2 Å². The van der Waals surface area contributed by atoms with Crippen LogP contribution < -0.4 is 5.32 Å². The van der Waals surface area contributed by atoms with Crippen molar-refractivity contribution >= 4 is 11.6 Å². The number of aromatic nitrogens is 2. The summed E-state index contributed by atoms with van der Waals surface area (Å²) < 4.78 is 10.5. The fraction of sp³-hybridized carbons (Fsp3) is 0.400. The molecule has 0 atom stereocenters. The summed E-state index contributed by atoms with van der Waals surface area (Å²) in [5.74, 6) is 0.812. The highest BCUT2D eigenvalue weighted by atomic mass is 16.5. The molecule has 6 heteroatoms. The van der Waals surface area contributed by atoms with E-state index >= 15 is 0 Å². The van der Waals surface area contributed by atoms with Crippen molar-refractivity contribution in [3.05, 3.63) is 30.7 Å². The molecule has 0 aliphatic carbocycles. The number of ether oxygens (including phenoxy) is 1. The minimum Gasteiger partial charge on any atom is -0.423 e. The summed E-state index contributed by atoms with van der Waals surface area (Å²) in [7, 11) is 0. The van der Waals surface area contributed by atoms with Crippen LogP contribution in [-0.2, 0) is 9.53 Å². The summed E-state index contributed by atoms with van der Waals surface area (Å²) in [6, 6.07) is 7.27. The largest absolute Gasteiger partial charge is 0.423 e. The SMILES string of the molecule is CC(C)COCCC(=O)Nc1cccc(-c2nnco2)c1. The van der Waals surface area contributed by atoms with Gasteiger partial charge in [0.1, 0.15) is 0 Å². The minimum atomic E-state index is -0.0820. The van der Waals surface area contributed by atoms with Gasteiger partial charge in [0.2, 0.25) is 18.2 Å². The second-order valence-electron chi connectivity index (χ2n) is 5.09. The zero-order valence-corrected chi connectivity index (χ0v) is 12.2. The highest BCUT2D eigenvalue weighted by molar-refractivity contribution is 5.91. The van der Waals surface area contributed by atoms with Crippen LogP contribution in [0.4, 0.5) is 5.69 Å². The Kier molecular flexibility index (Phi) is 5.45. The van der Waals surface area contributed by atoms with E-state index in [4.69, 9.17) is 9.15 Å². The normalized spacial score (nSPS) is 10.8. The molecule has 0 radical (unpaired) electrons. The number of nitrogens with one attached hydrogen (secondary N) is 1. The van der Waals surface area contributed by atoms with Crippen LogP contribution in [0.3, 0.4) is 0 Å². The second-order valence-corrected chi connectivity index (χ2v) is 5.09. The molecule has 1 aromatic heterocycles. The first-order valence-corrected chi connectivity index (χ1v) is 6.89. The Hall–Kier alpha value is -2.21. The van der Waals surface area contributed by atoms with Gasteiger partial charge in [-0.2, -0.15) is 0 Å². The number of amides is 1. The molecule has 2 rings (SSSR count). The number of benzene rings is 1. The van der Waals surface area contributed by atoms with Gasteiger partial charge in [-0.05, 0) is 24.1 Å². The average Bonchev–Trinajstić information content (AvgIpc) is 2.98. The topological polar surface area (TPSA) is 77.2 Å². The van der Waals surface area contributed by atoms with Gasteiger partial charge in [-0.15, -0.1) is 10.2 Å². The number of nitrogens with zero attached hydrogens (tertiary/aromatic N) is 2. The predicted molar refractivity (Wildman–Crippen MR) is 78.6 cm³/mol. The lowest BCUT2D eigenvalue weighted by atomic mass is 10.2. The first kappa shape index (κ1) is 15.2. The molecule has 1 heterocycles. The first-order chi connectivity index (χ1) is 10.1. The molecular formula is C15H19N3O3. The standard InChI is InChI=1S/C15H19N3O3/c1-11(2)9-20-7-6-14(19)17-13-5-3-4-12(8-13)15-18-16-10-21-15/h3-5,8,10-11H,6-7,9H2,1-2H3,(H,17,19). The minimum absolute atomic E-state index is 0.0820. The Morgan fingerprint density at radius 1 is 1.43 bits per heavy atom. The molecule has 0 spiro atoms. The number of carbonyl (C=O) groups is 1. The van der Waals surface area contributed by atoms with Crippen molar-refractivity contribution in [2.24, 2.45) is 5.92 Å². The lowest BCUT2D eigenvalue weighted by molar-refractivity contribution is -0.117. The Labute approximate surface area is 123 Å². The summed E-state index contributed by atoms with van der Waals surface area (Å²) in [4.78, 5) is 11.8. The quantitative estimate of drug-likeness (QED) is 0.793. The van der Waals surface area contributed by atoms with Gasteiger partial charge >= 0.3 is 0 Å². The van der Waals surface area contributed by atoms with Crippen molar-refractivity contribution < 1.29 is 13.9 Å². The molecule has 6 nitrogen and oxygen atoms in total. The summed E-state index contributed by atoms with van der Waals surface area (Å²) in [5.41, 5.74) is 1.46. The average molecular weight is 289 g/mol. The smallest absolute Gasteiger partial charge is 0.247 e. The summed E-state index contributed by atoms with van der Waals surface area (Å²) in [6.07, 6.45) is 1.60. The van der Waals surface area contributed by atoms with Gasteiger partial charge in [0.25, 0.3) is 0 Å². The molecule has 1 aromatic carbocycles. The second kappa shape index (κ2) is 7.54. The number of anilines is 1. The third-order valence-electron chi connectivity index (χ3n) is 2.68. The van der Waals surface area contributed by atoms with E-state index in [1.807, 2.05) is 18.2 Å². The first-order valence-electron chi connectivity index (χ1n) is 6.89. The van der Waals surface area contributed by atoms with Crippen LogP contribution >= 0.6 is 0 Å². The van der Waals surface area contributed by atoms with E-state index in [0.29, 0.717) is 37.1 Å². The molecule has 0 unspecified atom stereocenters. The number of hydrogen-bond acceptors (Lipinski definition) is 5. The number of hydrogen-bond donors (Lipinski definition) is 1. The Bertz CT molecular complexity index is 567. The maximum Gasteiger partial charge on any atom is 0.247 e. The van der Waals surface area contributed by atoms with Gasteiger partial charge in [0, 0.05) is 17.9 Å². The Balaban J connectivity index is 1.85. The molecule has 1 amide bonds. The molecule has 0 saturated carbocycles. The summed E-state index contributed by atoms with van der Waals surface area (Å²) >= 11 is 0. The molecule has 0 aliphatic rings. The molecule has 0 fully saturated rings. The van der Waals surface area contributed by atoms with E-state index in [1.165, 1.54) is 6.39 Å². The van der Waals surface area contributed by atoms with E-state index in [1.54, 1.807) is 6.07 Å². The van der Waals surface area contributed by atoms with Crippen LogP contribution in [0.1, 0.15) is 20.3 Å². The van der Waals surface area contributed by atoms with E-state index in [2.05, 4.69) is 29.4 Å². The van der Waals surface area contributed by atoms with E-state index in [-0.39, 0.29) is 5.91 Å². The molecule has 21 heavy (non-hydrogen) atoms. The van der Waals surface area contributed by atoms with Crippen LogP contribution in [-0.4, -0.2) is 29.3 Å². The molecule has 0 bridgehead atoms. The third kappa shape index (κ3) is 5.00. The highest BCUT2D eigenvalue weighted by Gasteiger charge is 2.07. The Morgan fingerprint density at radius 3 is 3.00 bits per heavy atom. The molecule has 1 N–H and O–H groups in total. The van der Waals surface area contributed by atoms with Crippen LogP contribution in [0.25, 0.3) is 11.5 Å². The molecule has 2 aromatic rings. The van der Waals surface area contributed by atoms with Gasteiger partial charge in [0.15, 0.2) is 0 Å². The number of carbonyl (C=O) groups excluding carboxylic acids is 1. The summed E-state index contributed by atoms with van der Waals surface area (Å²) in [6.45, 7) is 5.24. The molecule has 112 valence electrons. The van der Waals surface area contributed by atoms with E-state index < -0.39 is 0 Å². The van der Waals surface area contributed by atoms with Gasteiger partial charge in [-0.1, -0.05) is 19.9 Å². The molecule has 0 aliphatic heterocycles. The third-order valence-corrected chi connectivity index (χ3v) is 2.68. The van der Waals surface area contributed by atoms with Crippen molar-refractivity contribution in [1.29, 1.82) is 0 Å².